The fraction of sp³-hybridized carbons (Fsp3) is 0.263. The van der Waals surface area contributed by atoms with Crippen LogP contribution in [0.3, 0.4) is 0 Å². The van der Waals surface area contributed by atoms with E-state index in [4.69, 9.17) is 4.74 Å². The van der Waals surface area contributed by atoms with Crippen LogP contribution in [0.5, 0.6) is 0 Å². The Kier molecular flexibility index (Phi) is 6.07. The lowest BCUT2D eigenvalue weighted by Gasteiger charge is -2.28. The summed E-state index contributed by atoms with van der Waals surface area (Å²) in [5, 5.41) is 0. The summed E-state index contributed by atoms with van der Waals surface area (Å²) in [6.07, 6.45) is 0. The first kappa shape index (κ1) is 17.7. The van der Waals surface area contributed by atoms with Crippen LogP contribution < -0.4 is 0 Å². The van der Waals surface area contributed by atoms with Gasteiger partial charge in [0.05, 0.1) is 12.2 Å². The van der Waals surface area contributed by atoms with Gasteiger partial charge in [0.1, 0.15) is 11.9 Å². The summed E-state index contributed by atoms with van der Waals surface area (Å²) in [5.41, 5.74) is 0.780. The van der Waals surface area contributed by atoms with Crippen molar-refractivity contribution in [3.8, 4) is 0 Å². The summed E-state index contributed by atoms with van der Waals surface area (Å²) in [4.78, 5) is 26.2. The SMILES string of the molecule is CCOC(=O)C(C)N(Cc1ccccc1)C(=O)c1ccccc1F. The minimum atomic E-state index is -0.822. The highest BCUT2D eigenvalue weighted by atomic mass is 19.1. The number of hydrogen-bond acceptors (Lipinski definition) is 3. The van der Waals surface area contributed by atoms with E-state index in [1.807, 2.05) is 30.3 Å². The normalized spacial score (nSPS) is 11.6. The van der Waals surface area contributed by atoms with E-state index in [0.29, 0.717) is 0 Å². The van der Waals surface area contributed by atoms with Crippen molar-refractivity contribution in [3.63, 3.8) is 0 Å². The van der Waals surface area contributed by atoms with Crippen LogP contribution in [0.4, 0.5) is 4.39 Å². The van der Waals surface area contributed by atoms with Crippen LogP contribution in [-0.2, 0) is 16.1 Å². The number of benzene rings is 2. The minimum absolute atomic E-state index is 0.0652. The zero-order valence-electron chi connectivity index (χ0n) is 13.7. The quantitative estimate of drug-likeness (QED) is 0.763. The van der Waals surface area contributed by atoms with Gasteiger partial charge in [0.15, 0.2) is 0 Å². The van der Waals surface area contributed by atoms with E-state index in [2.05, 4.69) is 0 Å². The third-order valence-electron chi connectivity index (χ3n) is 3.66. The van der Waals surface area contributed by atoms with Gasteiger partial charge in [0.25, 0.3) is 5.91 Å². The number of ether oxygens (including phenoxy) is 1. The molecule has 0 aliphatic rings. The van der Waals surface area contributed by atoms with Crippen molar-refractivity contribution in [2.75, 3.05) is 6.61 Å². The van der Waals surface area contributed by atoms with E-state index in [1.165, 1.54) is 23.1 Å². The molecule has 0 saturated heterocycles. The average Bonchev–Trinajstić information content (AvgIpc) is 2.60. The smallest absolute Gasteiger partial charge is 0.328 e. The van der Waals surface area contributed by atoms with Crippen molar-refractivity contribution in [2.24, 2.45) is 0 Å². The van der Waals surface area contributed by atoms with Gasteiger partial charge in [-0.05, 0) is 31.5 Å². The molecule has 5 heteroatoms. The number of carbonyl (C=O) groups is 2. The van der Waals surface area contributed by atoms with E-state index >= 15 is 0 Å². The third-order valence-corrected chi connectivity index (χ3v) is 3.66. The van der Waals surface area contributed by atoms with Gasteiger partial charge in [0.2, 0.25) is 0 Å². The second-order valence-corrected chi connectivity index (χ2v) is 5.33. The summed E-state index contributed by atoms with van der Waals surface area (Å²) < 4.78 is 19.0. The molecule has 0 aliphatic heterocycles. The molecule has 126 valence electrons. The fourth-order valence-electron chi connectivity index (χ4n) is 2.34. The van der Waals surface area contributed by atoms with E-state index in [-0.39, 0.29) is 18.7 Å². The predicted octanol–water partition coefficient (Wildman–Crippen LogP) is 3.42. The second-order valence-electron chi connectivity index (χ2n) is 5.33. The molecule has 1 atom stereocenters. The van der Waals surface area contributed by atoms with Crippen molar-refractivity contribution >= 4 is 11.9 Å². The van der Waals surface area contributed by atoms with Crippen LogP contribution in [0.15, 0.2) is 54.6 Å². The number of halogens is 1. The van der Waals surface area contributed by atoms with Crippen LogP contribution >= 0.6 is 0 Å². The van der Waals surface area contributed by atoms with Gasteiger partial charge < -0.3 is 9.64 Å². The number of hydrogen-bond donors (Lipinski definition) is 0. The molecular weight excluding hydrogens is 309 g/mol. The number of carbonyl (C=O) groups excluding carboxylic acids is 2. The van der Waals surface area contributed by atoms with Gasteiger partial charge in [-0.1, -0.05) is 42.5 Å². The van der Waals surface area contributed by atoms with Crippen molar-refractivity contribution in [1.29, 1.82) is 0 Å². The zero-order valence-corrected chi connectivity index (χ0v) is 13.7. The first-order valence-corrected chi connectivity index (χ1v) is 7.80. The Balaban J connectivity index is 2.33. The highest BCUT2D eigenvalue weighted by Crippen LogP contribution is 2.16. The fourth-order valence-corrected chi connectivity index (χ4v) is 2.34. The molecule has 0 spiro atoms. The highest BCUT2D eigenvalue weighted by molar-refractivity contribution is 5.97. The Hall–Kier alpha value is -2.69. The molecule has 2 aromatic rings. The minimum Gasteiger partial charge on any atom is -0.464 e. The Morgan fingerprint density at radius 3 is 2.33 bits per heavy atom. The molecular formula is C19H20FNO3. The monoisotopic (exact) mass is 329 g/mol. The lowest BCUT2D eigenvalue weighted by molar-refractivity contribution is -0.148. The molecule has 0 aromatic heterocycles. The van der Waals surface area contributed by atoms with Crippen LogP contribution in [0.1, 0.15) is 29.8 Å². The van der Waals surface area contributed by atoms with E-state index < -0.39 is 23.7 Å². The molecule has 0 aliphatic carbocycles. The van der Waals surface area contributed by atoms with Gasteiger partial charge in [-0.2, -0.15) is 0 Å². The molecule has 0 fully saturated rings. The van der Waals surface area contributed by atoms with Crippen LogP contribution in [-0.4, -0.2) is 29.4 Å². The second kappa shape index (κ2) is 8.24. The van der Waals surface area contributed by atoms with Crippen LogP contribution in [0.25, 0.3) is 0 Å². The largest absolute Gasteiger partial charge is 0.464 e. The van der Waals surface area contributed by atoms with Gasteiger partial charge >= 0.3 is 5.97 Å². The highest BCUT2D eigenvalue weighted by Gasteiger charge is 2.29. The van der Waals surface area contributed by atoms with Gasteiger partial charge in [-0.25, -0.2) is 9.18 Å². The molecule has 0 N–H and O–H groups in total. The first-order valence-electron chi connectivity index (χ1n) is 7.80. The molecule has 0 bridgehead atoms. The predicted molar refractivity (Wildman–Crippen MR) is 88.8 cm³/mol. The van der Waals surface area contributed by atoms with Gasteiger partial charge in [0, 0.05) is 6.54 Å². The molecule has 0 heterocycles. The molecule has 0 saturated carbocycles. The molecule has 2 rings (SSSR count). The molecule has 1 amide bonds. The lowest BCUT2D eigenvalue weighted by atomic mass is 10.1. The molecule has 24 heavy (non-hydrogen) atoms. The van der Waals surface area contributed by atoms with Crippen molar-refractivity contribution in [1.82, 2.24) is 4.90 Å². The van der Waals surface area contributed by atoms with E-state index in [1.54, 1.807) is 19.9 Å². The standard InChI is InChI=1S/C19H20FNO3/c1-3-24-19(23)14(2)21(13-15-9-5-4-6-10-15)18(22)16-11-7-8-12-17(16)20/h4-12,14H,3,13H2,1-2H3. The number of rotatable bonds is 6. The number of nitrogens with zero attached hydrogens (tertiary/aromatic N) is 1. The average molecular weight is 329 g/mol. The van der Waals surface area contributed by atoms with E-state index in [0.717, 1.165) is 5.56 Å². The summed E-state index contributed by atoms with van der Waals surface area (Å²) in [6.45, 7) is 3.69. The molecule has 4 nitrogen and oxygen atoms in total. The first-order chi connectivity index (χ1) is 11.5. The van der Waals surface area contributed by atoms with Crippen LogP contribution in [0.2, 0.25) is 0 Å². The maximum atomic E-state index is 14.0. The maximum absolute atomic E-state index is 14.0. The summed E-state index contributed by atoms with van der Waals surface area (Å²) in [5.74, 6) is -1.67. The summed E-state index contributed by atoms with van der Waals surface area (Å²) in [6, 6.07) is 14.2. The molecule has 0 radical (unpaired) electrons. The van der Waals surface area contributed by atoms with Gasteiger partial charge in [-0.3, -0.25) is 4.79 Å². The Bertz CT molecular complexity index is 703. The Morgan fingerprint density at radius 1 is 1.08 bits per heavy atom. The van der Waals surface area contributed by atoms with Crippen molar-refractivity contribution in [2.45, 2.75) is 26.4 Å². The summed E-state index contributed by atoms with van der Waals surface area (Å²) in [7, 11) is 0. The maximum Gasteiger partial charge on any atom is 0.328 e. The number of amides is 1. The zero-order chi connectivity index (χ0) is 17.5. The van der Waals surface area contributed by atoms with Gasteiger partial charge in [-0.15, -0.1) is 0 Å². The van der Waals surface area contributed by atoms with E-state index in [9.17, 15) is 14.0 Å². The van der Waals surface area contributed by atoms with Crippen molar-refractivity contribution < 1.29 is 18.7 Å². The van der Waals surface area contributed by atoms with Crippen molar-refractivity contribution in [3.05, 3.63) is 71.5 Å². The lowest BCUT2D eigenvalue weighted by Crippen LogP contribution is -2.43. The summed E-state index contributed by atoms with van der Waals surface area (Å²) >= 11 is 0. The Morgan fingerprint density at radius 2 is 1.71 bits per heavy atom. The Labute approximate surface area is 140 Å². The molecule has 1 unspecified atom stereocenters. The third kappa shape index (κ3) is 4.19. The molecule has 2 aromatic carbocycles. The van der Waals surface area contributed by atoms with Crippen LogP contribution in [0, 0.1) is 5.82 Å². The number of esters is 1. The topological polar surface area (TPSA) is 46.6 Å².